The molecule has 4 heterocycles. The van der Waals surface area contributed by atoms with Crippen molar-refractivity contribution in [1.82, 2.24) is 5.01 Å². The fraction of sp³-hybridized carbons (Fsp3) is 0.214. The molecule has 2 saturated heterocycles. The van der Waals surface area contributed by atoms with Gasteiger partial charge in [-0.2, -0.15) is 5.10 Å². The second-order valence-electron chi connectivity index (χ2n) is 9.41. The van der Waals surface area contributed by atoms with Gasteiger partial charge in [-0.25, -0.2) is 4.90 Å². The number of carbonyl (C=O) groups excluding carboxylic acids is 3. The van der Waals surface area contributed by atoms with Crippen LogP contribution in [-0.2, 0) is 9.59 Å². The SMILES string of the molecule is O=C(c1ccc(Cl)cc1)[C@@H]1[C@@H]2C(=O)N(c3ccc4c(c3)OCCO4)C(=O)[C@@H]2[C@@H]2c3ccccc3C=NN12. The third kappa shape index (κ3) is 3.22. The minimum Gasteiger partial charge on any atom is -0.486 e. The van der Waals surface area contributed by atoms with E-state index in [2.05, 4.69) is 5.10 Å². The zero-order chi connectivity index (χ0) is 25.3. The van der Waals surface area contributed by atoms with E-state index >= 15 is 0 Å². The van der Waals surface area contributed by atoms with Crippen LogP contribution in [0.5, 0.6) is 11.5 Å². The lowest BCUT2D eigenvalue weighted by atomic mass is 9.83. The first-order valence-corrected chi connectivity index (χ1v) is 12.4. The highest BCUT2D eigenvalue weighted by atomic mass is 35.5. The molecular formula is C28H20ClN3O5. The van der Waals surface area contributed by atoms with E-state index in [1.54, 1.807) is 53.7 Å². The summed E-state index contributed by atoms with van der Waals surface area (Å²) in [4.78, 5) is 43.1. The van der Waals surface area contributed by atoms with E-state index < -0.39 is 29.8 Å². The molecule has 2 amide bonds. The van der Waals surface area contributed by atoms with Crippen LogP contribution in [0, 0.1) is 11.8 Å². The molecule has 2 fully saturated rings. The van der Waals surface area contributed by atoms with Gasteiger partial charge in [-0.05, 0) is 47.5 Å². The number of imide groups is 1. The van der Waals surface area contributed by atoms with Crippen molar-refractivity contribution in [3.63, 3.8) is 0 Å². The Morgan fingerprint density at radius 2 is 1.62 bits per heavy atom. The predicted octanol–water partition coefficient (Wildman–Crippen LogP) is 3.87. The summed E-state index contributed by atoms with van der Waals surface area (Å²) < 4.78 is 11.3. The molecule has 0 aliphatic carbocycles. The summed E-state index contributed by atoms with van der Waals surface area (Å²) in [5.74, 6) is -1.72. The summed E-state index contributed by atoms with van der Waals surface area (Å²) in [6.07, 6.45) is 1.68. The standard InChI is InChI=1S/C28H20ClN3O5/c29-17-7-5-15(6-8-17)26(33)25-23-22(24-19-4-2-1-3-16(19)14-30-32(24)25)27(34)31(28(23)35)18-9-10-20-21(13-18)37-12-11-36-20/h1-10,13-14,22-25H,11-12H2/t22-,23+,24-,25-/m0/s1. The van der Waals surface area contributed by atoms with Crippen LogP contribution >= 0.6 is 11.6 Å². The summed E-state index contributed by atoms with van der Waals surface area (Å²) in [7, 11) is 0. The second kappa shape index (κ2) is 8.18. The van der Waals surface area contributed by atoms with Crippen LogP contribution in [-0.4, -0.2) is 48.1 Å². The highest BCUT2D eigenvalue weighted by Gasteiger charge is 2.65. The highest BCUT2D eigenvalue weighted by Crippen LogP contribution is 2.53. The molecule has 4 atom stereocenters. The van der Waals surface area contributed by atoms with Crippen LogP contribution in [0.25, 0.3) is 0 Å². The topological polar surface area (TPSA) is 88.5 Å². The van der Waals surface area contributed by atoms with E-state index in [1.165, 1.54) is 4.90 Å². The Labute approximate surface area is 217 Å². The zero-order valence-electron chi connectivity index (χ0n) is 19.4. The summed E-state index contributed by atoms with van der Waals surface area (Å²) in [5, 5.41) is 6.73. The molecule has 0 bridgehead atoms. The Morgan fingerprint density at radius 1 is 0.892 bits per heavy atom. The molecule has 9 heteroatoms. The van der Waals surface area contributed by atoms with Crippen molar-refractivity contribution < 1.29 is 23.9 Å². The van der Waals surface area contributed by atoms with Crippen molar-refractivity contribution >= 4 is 41.1 Å². The monoisotopic (exact) mass is 513 g/mol. The van der Waals surface area contributed by atoms with E-state index in [-0.39, 0.29) is 11.7 Å². The fourth-order valence-corrected chi connectivity index (χ4v) is 6.00. The van der Waals surface area contributed by atoms with Crippen molar-refractivity contribution in [1.29, 1.82) is 0 Å². The molecule has 184 valence electrons. The number of Topliss-reactive ketones (excluding diaryl/α,β-unsaturated/α-hetero) is 1. The number of benzene rings is 3. The van der Waals surface area contributed by atoms with Gasteiger partial charge in [0.2, 0.25) is 11.8 Å². The van der Waals surface area contributed by atoms with Crippen molar-refractivity contribution in [2.45, 2.75) is 12.1 Å². The van der Waals surface area contributed by atoms with E-state index in [9.17, 15) is 14.4 Å². The van der Waals surface area contributed by atoms with Crippen LogP contribution in [0.2, 0.25) is 5.02 Å². The smallest absolute Gasteiger partial charge is 0.240 e. The number of amides is 2. The summed E-state index contributed by atoms with van der Waals surface area (Å²) in [6.45, 7) is 0.817. The average Bonchev–Trinajstić information content (AvgIpc) is 3.40. The Kier molecular flexibility index (Phi) is 4.87. The van der Waals surface area contributed by atoms with Gasteiger partial charge in [0.15, 0.2) is 17.3 Å². The number of anilines is 1. The Balaban J connectivity index is 1.35. The van der Waals surface area contributed by atoms with E-state index in [4.69, 9.17) is 21.1 Å². The maximum absolute atomic E-state index is 14.0. The number of hydrogen-bond donors (Lipinski definition) is 0. The number of ketones is 1. The second-order valence-corrected chi connectivity index (χ2v) is 9.84. The van der Waals surface area contributed by atoms with Gasteiger partial charge >= 0.3 is 0 Å². The maximum atomic E-state index is 14.0. The third-order valence-electron chi connectivity index (χ3n) is 7.47. The van der Waals surface area contributed by atoms with Crippen LogP contribution in [0.1, 0.15) is 27.5 Å². The minimum absolute atomic E-state index is 0.282. The summed E-state index contributed by atoms with van der Waals surface area (Å²) in [6, 6.07) is 17.7. The lowest BCUT2D eigenvalue weighted by Crippen LogP contribution is -2.44. The normalized spacial score (nSPS) is 25.1. The van der Waals surface area contributed by atoms with E-state index in [0.29, 0.717) is 41.0 Å². The number of ether oxygens (including phenoxy) is 2. The summed E-state index contributed by atoms with van der Waals surface area (Å²) >= 11 is 6.04. The van der Waals surface area contributed by atoms with Gasteiger partial charge in [-0.1, -0.05) is 35.9 Å². The molecule has 0 spiro atoms. The molecule has 4 aliphatic rings. The number of hydrogen-bond acceptors (Lipinski definition) is 7. The molecule has 0 radical (unpaired) electrons. The number of hydrazone groups is 1. The Morgan fingerprint density at radius 3 is 2.43 bits per heavy atom. The Bertz CT molecular complexity index is 1500. The van der Waals surface area contributed by atoms with Gasteiger partial charge in [-0.3, -0.25) is 19.4 Å². The molecule has 37 heavy (non-hydrogen) atoms. The first-order valence-electron chi connectivity index (χ1n) is 12.0. The molecule has 4 aliphatic heterocycles. The third-order valence-corrected chi connectivity index (χ3v) is 7.73. The fourth-order valence-electron chi connectivity index (χ4n) is 5.88. The van der Waals surface area contributed by atoms with Crippen molar-refractivity contribution in [2.24, 2.45) is 16.9 Å². The van der Waals surface area contributed by atoms with Crippen molar-refractivity contribution in [3.8, 4) is 11.5 Å². The van der Waals surface area contributed by atoms with Gasteiger partial charge in [0.1, 0.15) is 19.3 Å². The number of fused-ring (bicyclic) bond motifs is 6. The molecule has 3 aromatic carbocycles. The molecular weight excluding hydrogens is 494 g/mol. The molecule has 3 aromatic rings. The van der Waals surface area contributed by atoms with Gasteiger partial charge < -0.3 is 9.47 Å². The van der Waals surface area contributed by atoms with Crippen LogP contribution in [0.3, 0.4) is 0 Å². The predicted molar refractivity (Wildman–Crippen MR) is 135 cm³/mol. The molecule has 8 nitrogen and oxygen atoms in total. The highest BCUT2D eigenvalue weighted by molar-refractivity contribution is 6.30. The minimum atomic E-state index is -0.945. The van der Waals surface area contributed by atoms with Crippen molar-refractivity contribution in [2.75, 3.05) is 18.1 Å². The van der Waals surface area contributed by atoms with Crippen LogP contribution < -0.4 is 14.4 Å². The molecule has 0 N–H and O–H groups in total. The zero-order valence-corrected chi connectivity index (χ0v) is 20.2. The molecule has 0 aromatic heterocycles. The molecule has 0 unspecified atom stereocenters. The largest absolute Gasteiger partial charge is 0.486 e. The summed E-state index contributed by atoms with van der Waals surface area (Å²) in [5.41, 5.74) is 2.52. The molecule has 7 rings (SSSR count). The average molecular weight is 514 g/mol. The van der Waals surface area contributed by atoms with E-state index in [1.807, 2.05) is 24.3 Å². The lowest BCUT2D eigenvalue weighted by Gasteiger charge is -2.33. The van der Waals surface area contributed by atoms with Crippen LogP contribution in [0.4, 0.5) is 5.69 Å². The lowest BCUT2D eigenvalue weighted by molar-refractivity contribution is -0.124. The van der Waals surface area contributed by atoms with Gasteiger partial charge in [0, 0.05) is 16.7 Å². The first-order chi connectivity index (χ1) is 18.0. The first kappa shape index (κ1) is 22.1. The number of halogens is 1. The number of rotatable bonds is 3. The number of nitrogens with zero attached hydrogens (tertiary/aromatic N) is 3. The van der Waals surface area contributed by atoms with Gasteiger partial charge in [0.05, 0.1) is 29.8 Å². The van der Waals surface area contributed by atoms with Gasteiger partial charge in [-0.15, -0.1) is 0 Å². The maximum Gasteiger partial charge on any atom is 0.240 e. The Hall–Kier alpha value is -4.17. The molecule has 0 saturated carbocycles. The van der Waals surface area contributed by atoms with E-state index in [0.717, 1.165) is 11.1 Å². The van der Waals surface area contributed by atoms with Crippen LogP contribution in [0.15, 0.2) is 71.8 Å². The number of carbonyl (C=O) groups is 3. The van der Waals surface area contributed by atoms with Crippen molar-refractivity contribution in [3.05, 3.63) is 88.4 Å². The van der Waals surface area contributed by atoms with Gasteiger partial charge in [0.25, 0.3) is 0 Å². The quantitative estimate of drug-likeness (QED) is 0.390.